The molecular weight excluding hydrogens is 1620 g/mol. The Morgan fingerprint density at radius 1 is 0.426 bits per heavy atom. The molecule has 12 aromatic rings. The second-order valence-corrected chi connectivity index (χ2v) is 38.5. The number of hydrogen-bond acceptors (Lipinski definition) is 14. The Hall–Kier alpha value is -12.0. The maximum absolute atomic E-state index is 14.3. The van der Waals surface area contributed by atoms with E-state index in [1.54, 1.807) is 197 Å². The summed E-state index contributed by atoms with van der Waals surface area (Å²) in [6.45, 7) is 1.86. The van der Waals surface area contributed by atoms with Crippen molar-refractivity contribution in [3.8, 4) is 17.1 Å². The highest BCUT2D eigenvalue weighted by Gasteiger charge is 2.55. The van der Waals surface area contributed by atoms with Gasteiger partial charge in [-0.25, -0.2) is 52.7 Å². The van der Waals surface area contributed by atoms with Crippen LogP contribution in [0, 0.1) is 40.6 Å². The number of hydrogen-bond donors (Lipinski definition) is 0. The van der Waals surface area contributed by atoms with Gasteiger partial charge in [-0.3, -0.25) is 34.3 Å². The minimum atomic E-state index is -4.51. The number of rotatable bonds is 18. The molecule has 29 heteroatoms. The van der Waals surface area contributed by atoms with Gasteiger partial charge in [0.05, 0.1) is 104 Å². The highest BCUT2D eigenvalue weighted by molar-refractivity contribution is 7.98. The lowest BCUT2D eigenvalue weighted by Crippen LogP contribution is -2.49. The second-order valence-electron chi connectivity index (χ2n) is 31.9. The molecule has 0 bridgehead atoms. The molecule has 3 fully saturated rings. The number of aryl methyl sites for hydroxylation is 1. The number of benzene rings is 5. The lowest BCUT2D eigenvalue weighted by atomic mass is 9.60. The zero-order chi connectivity index (χ0) is 85.8. The summed E-state index contributed by atoms with van der Waals surface area (Å²) in [7, 11) is -4.69. The molecule has 624 valence electrons. The molecule has 0 amide bonds. The topological polar surface area (TPSA) is 234 Å². The van der Waals surface area contributed by atoms with E-state index in [9.17, 15) is 57.6 Å². The number of aromatic nitrogens is 10. The Morgan fingerprint density at radius 3 is 1.12 bits per heavy atom. The van der Waals surface area contributed by atoms with E-state index in [0.717, 1.165) is 79.6 Å². The monoisotopic (exact) mass is 1710 g/mol. The molecule has 3 saturated carbocycles. The summed E-state index contributed by atoms with van der Waals surface area (Å²) in [6.07, 6.45) is 20.6. The van der Waals surface area contributed by atoms with E-state index < -0.39 is 57.4 Å². The van der Waals surface area contributed by atoms with Crippen LogP contribution >= 0.6 is 0 Å². The molecule has 18 rings (SSSR count). The SMILES string of the molecule is C=S(=O)(c1ccc(C(F)(F)F)cc1)N(C)[C@H]1CCC2=Cc3c(cnn3-c3ccc(F)cc3)C[C@]2(C(=O)c2ccccn2)C1.C=S(=O)(c1cccnc1)N(C)[C@H]1CCC2=Cc3c(cnn3-c3ccc(F)cc3)C[C@]2(C(=O)c2ccccn2)C1.Cc1cccc(S(=O)(=O)N(C)[C@H]2CCC3=Cc4c(cnn4-c4ccc(F)cc4)C[C@]3(C(=O)c3ccccn3)C2)c1. The summed E-state index contributed by atoms with van der Waals surface area (Å²) in [5.74, 6) is 6.69. The molecule has 6 aliphatic rings. The number of nitrogens with zero attached hydrogens (tertiary/aromatic N) is 13. The van der Waals surface area contributed by atoms with Crippen LogP contribution in [0.3, 0.4) is 0 Å². The molecule has 0 radical (unpaired) electrons. The van der Waals surface area contributed by atoms with Gasteiger partial charge in [0.15, 0.2) is 17.3 Å². The number of ketones is 3. The number of sulfonamides is 1. The van der Waals surface area contributed by atoms with Crippen molar-refractivity contribution in [3.63, 3.8) is 0 Å². The zero-order valence-electron chi connectivity index (χ0n) is 67.0. The average molecular weight is 1710 g/mol. The predicted molar refractivity (Wildman–Crippen MR) is 456 cm³/mol. The van der Waals surface area contributed by atoms with Gasteiger partial charge < -0.3 is 0 Å². The third kappa shape index (κ3) is 15.8. The lowest BCUT2D eigenvalue weighted by molar-refractivity contribution is -0.137. The number of Topliss-reactive ketones (excluding diaryl/α,β-unsaturated/α-hetero) is 3. The van der Waals surface area contributed by atoms with E-state index in [1.807, 2.05) is 42.6 Å². The number of carbonyl (C=O) groups is 3. The van der Waals surface area contributed by atoms with Crippen molar-refractivity contribution < 1.29 is 57.6 Å². The smallest absolute Gasteiger partial charge is 0.291 e. The molecular formula is C93H85F6N13O7S3. The molecule has 122 heavy (non-hydrogen) atoms. The molecule has 5 aromatic carbocycles. The van der Waals surface area contributed by atoms with E-state index in [2.05, 4.69) is 53.0 Å². The molecule has 0 N–H and O–H groups in total. The van der Waals surface area contributed by atoms with E-state index in [4.69, 9.17) is 0 Å². The van der Waals surface area contributed by atoms with Crippen LogP contribution in [0.25, 0.3) is 35.3 Å². The van der Waals surface area contributed by atoms with Crippen molar-refractivity contribution >= 4 is 76.8 Å². The third-order valence-electron chi connectivity index (χ3n) is 24.8. The molecule has 0 saturated heterocycles. The van der Waals surface area contributed by atoms with Crippen LogP contribution < -0.4 is 0 Å². The fraction of sp³-hybridized carbons (Fsp3) is 0.247. The minimum absolute atomic E-state index is 0.0513. The van der Waals surface area contributed by atoms with Gasteiger partial charge in [-0.15, -0.1) is 0 Å². The highest BCUT2D eigenvalue weighted by atomic mass is 32.2. The summed E-state index contributed by atoms with van der Waals surface area (Å²) >= 11 is 0. The Bertz CT molecular complexity index is 6460. The van der Waals surface area contributed by atoms with Crippen LogP contribution in [0.5, 0.6) is 0 Å². The number of allylic oxidation sites excluding steroid dienone is 3. The van der Waals surface area contributed by atoms with Gasteiger partial charge in [0.2, 0.25) is 10.0 Å². The minimum Gasteiger partial charge on any atom is -0.291 e. The number of fused-ring (bicyclic) bond motifs is 6. The van der Waals surface area contributed by atoms with Crippen LogP contribution in [-0.4, -0.2) is 147 Å². The average Bonchev–Trinajstić information content (AvgIpc) is 1.28. The van der Waals surface area contributed by atoms with E-state index in [0.29, 0.717) is 105 Å². The summed E-state index contributed by atoms with van der Waals surface area (Å²) < 4.78 is 145. The van der Waals surface area contributed by atoms with Gasteiger partial charge in [0.1, 0.15) is 34.5 Å². The maximum atomic E-state index is 14.3. The Morgan fingerprint density at radius 2 is 0.787 bits per heavy atom. The van der Waals surface area contributed by atoms with E-state index in [-0.39, 0.29) is 62.7 Å². The first-order chi connectivity index (χ1) is 58.4. The van der Waals surface area contributed by atoms with Crippen molar-refractivity contribution in [2.24, 2.45) is 16.2 Å². The van der Waals surface area contributed by atoms with Crippen molar-refractivity contribution in [2.75, 3.05) is 21.1 Å². The quantitative estimate of drug-likeness (QED) is 0.0442. The Balaban J connectivity index is 0.000000136. The number of halogens is 6. The van der Waals surface area contributed by atoms with Crippen molar-refractivity contribution in [1.29, 1.82) is 0 Å². The fourth-order valence-electron chi connectivity index (χ4n) is 18.1. The van der Waals surface area contributed by atoms with Crippen LogP contribution in [0.4, 0.5) is 26.3 Å². The van der Waals surface area contributed by atoms with Crippen LogP contribution in [0.2, 0.25) is 0 Å². The second kappa shape index (κ2) is 33.1. The van der Waals surface area contributed by atoms with Gasteiger partial charge >= 0.3 is 6.18 Å². The molecule has 8 atom stereocenters. The zero-order valence-corrected chi connectivity index (χ0v) is 69.5. The third-order valence-corrected chi connectivity index (χ3v) is 31.2. The molecule has 2 unspecified atom stereocenters. The first kappa shape index (κ1) is 83.7. The van der Waals surface area contributed by atoms with E-state index in [1.165, 1.54) is 52.8 Å². The van der Waals surface area contributed by atoms with Gasteiger partial charge in [-0.1, -0.05) is 47.1 Å². The van der Waals surface area contributed by atoms with Crippen molar-refractivity contribution in [3.05, 3.63) is 334 Å². The predicted octanol–water partition coefficient (Wildman–Crippen LogP) is 16.6. The first-order valence-corrected chi connectivity index (χ1v) is 44.5. The van der Waals surface area contributed by atoms with Crippen molar-refractivity contribution in [2.45, 2.75) is 123 Å². The molecule has 20 nitrogen and oxygen atoms in total. The van der Waals surface area contributed by atoms with Crippen LogP contribution in [-0.2, 0) is 54.9 Å². The number of carbonyl (C=O) groups excluding carboxylic acids is 3. The first-order valence-electron chi connectivity index (χ1n) is 39.7. The summed E-state index contributed by atoms with van der Waals surface area (Å²) in [5.41, 5.74) is 8.47. The molecule has 6 aliphatic carbocycles. The summed E-state index contributed by atoms with van der Waals surface area (Å²) in [4.78, 5) is 61.1. The van der Waals surface area contributed by atoms with Gasteiger partial charge in [-0.2, -0.15) is 32.8 Å². The molecule has 0 spiro atoms. The Labute approximate surface area is 703 Å². The normalized spacial score (nSPS) is 21.3. The summed E-state index contributed by atoms with van der Waals surface area (Å²) in [5, 5.41) is 13.7. The van der Waals surface area contributed by atoms with Crippen molar-refractivity contribution in [1.82, 2.24) is 62.2 Å². The standard InChI is InChI=1S/C32H28F4N4O2S.C31H29FN4O3S.C30H28FN5O2S/c1-39(43(2,42)27-14-7-22(8-15-27)32(34,35)36)26-11-6-23-17-29-21(20-38-40(29)25-12-9-24(33)10-13-25)18-31(23,19-26)30(41)28-5-3-4-16-37-28;1-21-6-5-7-27(16-21)40(38,39)35(2)26-12-9-23-17-29-22(20-34-36(29)25-13-10-24(32)11-14-25)18-31(23,19-26)30(37)28-8-3-4-15-33-28;1-35(39(2,38)26-6-5-14-32-20-26)25-11-8-22-16-28-21(19-34-36(28)24-12-9-23(31)10-13-24)17-30(22,18-25)29(37)27-7-3-4-15-33-27/h3-5,7-10,12-17,20,26H,2,6,11,18-19H2,1H3;3-8,10-11,13-17,20,26H,9,12,18-19H2,1-2H3;3-7,9-10,12-16,19-20,25H,2,8,11,17-18H2,1H3/t26-,31-,43?;26-,31-;25-,30-,39?/m000/s1. The molecule has 7 aromatic heterocycles. The number of pyridine rings is 4. The van der Waals surface area contributed by atoms with Crippen LogP contribution in [0.1, 0.15) is 134 Å². The highest BCUT2D eigenvalue weighted by Crippen LogP contribution is 2.55. The largest absolute Gasteiger partial charge is 0.416 e. The van der Waals surface area contributed by atoms with Gasteiger partial charge in [0, 0.05) is 61.1 Å². The van der Waals surface area contributed by atoms with Gasteiger partial charge in [0.25, 0.3) is 0 Å². The fourth-order valence-corrected chi connectivity index (χ4v) is 22.7. The maximum Gasteiger partial charge on any atom is 0.416 e. The number of alkyl halides is 3. The lowest BCUT2D eigenvalue weighted by Gasteiger charge is -2.46. The van der Waals surface area contributed by atoms with E-state index >= 15 is 0 Å². The molecule has 0 aliphatic heterocycles. The Kier molecular flexibility index (Phi) is 22.7. The molecule has 7 heterocycles. The van der Waals surface area contributed by atoms with Gasteiger partial charge in [-0.05, 0) is 308 Å². The summed E-state index contributed by atoms with van der Waals surface area (Å²) in [6, 6.07) is 47.8. The van der Waals surface area contributed by atoms with Crippen LogP contribution in [0.15, 0.2) is 269 Å².